The van der Waals surface area contributed by atoms with Gasteiger partial charge in [0.25, 0.3) is 0 Å². The topological polar surface area (TPSA) is 12.0 Å². The van der Waals surface area contributed by atoms with Crippen LogP contribution in [0.5, 0.6) is 0 Å². The summed E-state index contributed by atoms with van der Waals surface area (Å²) in [6.07, 6.45) is 9.49. The van der Waals surface area contributed by atoms with E-state index in [1.807, 2.05) is 0 Å². The average molecular weight is 201 g/mol. The Hall–Kier alpha value is -1.24. The molecule has 0 spiro atoms. The molecule has 0 aliphatic heterocycles. The Labute approximate surface area is 92.2 Å². The Morgan fingerprint density at radius 1 is 1.27 bits per heavy atom. The Morgan fingerprint density at radius 3 is 2.67 bits per heavy atom. The SMILES string of the molecule is CCc1ccc(NC2C=CCCC2)cc1. The molecule has 1 aliphatic rings. The van der Waals surface area contributed by atoms with E-state index in [0.29, 0.717) is 6.04 Å². The molecule has 1 aromatic rings. The molecule has 2 rings (SSSR count). The number of hydrogen-bond acceptors (Lipinski definition) is 1. The number of anilines is 1. The van der Waals surface area contributed by atoms with Gasteiger partial charge in [0, 0.05) is 11.7 Å². The van der Waals surface area contributed by atoms with Crippen LogP contribution in [0.4, 0.5) is 5.69 Å². The molecule has 1 atom stereocenters. The number of rotatable bonds is 3. The predicted octanol–water partition coefficient (Wildman–Crippen LogP) is 3.77. The molecule has 1 aliphatic carbocycles. The van der Waals surface area contributed by atoms with Crippen molar-refractivity contribution in [3.05, 3.63) is 42.0 Å². The van der Waals surface area contributed by atoms with Gasteiger partial charge in [0.1, 0.15) is 0 Å². The molecule has 0 aromatic heterocycles. The average Bonchev–Trinajstić information content (AvgIpc) is 2.31. The van der Waals surface area contributed by atoms with Crippen molar-refractivity contribution in [2.24, 2.45) is 0 Å². The van der Waals surface area contributed by atoms with Crippen LogP contribution in [-0.2, 0) is 6.42 Å². The Bertz CT molecular complexity index is 324. The van der Waals surface area contributed by atoms with Crippen LogP contribution in [0.15, 0.2) is 36.4 Å². The van der Waals surface area contributed by atoms with E-state index in [9.17, 15) is 0 Å². The highest BCUT2D eigenvalue weighted by atomic mass is 14.9. The van der Waals surface area contributed by atoms with E-state index in [1.165, 1.54) is 30.5 Å². The van der Waals surface area contributed by atoms with Gasteiger partial charge in [-0.1, -0.05) is 31.2 Å². The van der Waals surface area contributed by atoms with Gasteiger partial charge in [0.05, 0.1) is 0 Å². The smallest absolute Gasteiger partial charge is 0.0444 e. The summed E-state index contributed by atoms with van der Waals surface area (Å²) >= 11 is 0. The maximum absolute atomic E-state index is 3.55. The standard InChI is InChI=1S/C14H19N/c1-2-12-8-10-14(11-9-12)15-13-6-4-3-5-7-13/h4,6,8-11,13,15H,2-3,5,7H2,1H3. The fourth-order valence-corrected chi connectivity index (χ4v) is 1.98. The molecular formula is C14H19N. The van der Waals surface area contributed by atoms with Crippen molar-refractivity contribution in [2.45, 2.75) is 38.6 Å². The number of benzene rings is 1. The monoisotopic (exact) mass is 201 g/mol. The van der Waals surface area contributed by atoms with Gasteiger partial charge in [-0.15, -0.1) is 0 Å². The van der Waals surface area contributed by atoms with Gasteiger partial charge in [-0.2, -0.15) is 0 Å². The predicted molar refractivity (Wildman–Crippen MR) is 66.2 cm³/mol. The summed E-state index contributed by atoms with van der Waals surface area (Å²) in [5.74, 6) is 0. The van der Waals surface area contributed by atoms with Crippen molar-refractivity contribution in [1.82, 2.24) is 0 Å². The van der Waals surface area contributed by atoms with Gasteiger partial charge >= 0.3 is 0 Å². The fraction of sp³-hybridized carbons (Fsp3) is 0.429. The third kappa shape index (κ3) is 2.85. The lowest BCUT2D eigenvalue weighted by molar-refractivity contribution is 0.674. The first-order valence-corrected chi connectivity index (χ1v) is 5.90. The first-order valence-electron chi connectivity index (χ1n) is 5.90. The zero-order valence-electron chi connectivity index (χ0n) is 9.37. The molecule has 15 heavy (non-hydrogen) atoms. The van der Waals surface area contributed by atoms with Crippen molar-refractivity contribution >= 4 is 5.69 Å². The van der Waals surface area contributed by atoms with E-state index < -0.39 is 0 Å². The zero-order valence-corrected chi connectivity index (χ0v) is 9.37. The van der Waals surface area contributed by atoms with Gasteiger partial charge in [-0.05, 0) is 43.4 Å². The van der Waals surface area contributed by atoms with Crippen LogP contribution in [0.1, 0.15) is 31.7 Å². The summed E-state index contributed by atoms with van der Waals surface area (Å²) in [6.45, 7) is 2.19. The molecule has 0 fully saturated rings. The van der Waals surface area contributed by atoms with Crippen LogP contribution in [0, 0.1) is 0 Å². The second-order valence-electron chi connectivity index (χ2n) is 4.16. The largest absolute Gasteiger partial charge is 0.379 e. The molecule has 1 nitrogen and oxygen atoms in total. The third-order valence-corrected chi connectivity index (χ3v) is 2.97. The Morgan fingerprint density at radius 2 is 2.07 bits per heavy atom. The molecule has 0 amide bonds. The lowest BCUT2D eigenvalue weighted by Gasteiger charge is -2.19. The molecule has 0 saturated heterocycles. The fourth-order valence-electron chi connectivity index (χ4n) is 1.98. The number of hydrogen-bond donors (Lipinski definition) is 1. The summed E-state index contributed by atoms with van der Waals surface area (Å²) in [6, 6.07) is 9.30. The van der Waals surface area contributed by atoms with Gasteiger partial charge in [-0.3, -0.25) is 0 Å². The van der Waals surface area contributed by atoms with Gasteiger partial charge in [-0.25, -0.2) is 0 Å². The van der Waals surface area contributed by atoms with E-state index in [1.54, 1.807) is 0 Å². The molecule has 1 unspecified atom stereocenters. The van der Waals surface area contributed by atoms with Gasteiger partial charge < -0.3 is 5.32 Å². The molecule has 0 saturated carbocycles. The van der Waals surface area contributed by atoms with Crippen molar-refractivity contribution in [3.8, 4) is 0 Å². The van der Waals surface area contributed by atoms with Crippen LogP contribution in [0.3, 0.4) is 0 Å². The lowest BCUT2D eigenvalue weighted by Crippen LogP contribution is -2.18. The normalized spacial score (nSPS) is 20.2. The number of nitrogens with one attached hydrogen (secondary N) is 1. The highest BCUT2D eigenvalue weighted by Gasteiger charge is 2.07. The summed E-state index contributed by atoms with van der Waals surface area (Å²) in [7, 11) is 0. The highest BCUT2D eigenvalue weighted by molar-refractivity contribution is 5.46. The minimum Gasteiger partial charge on any atom is -0.379 e. The van der Waals surface area contributed by atoms with Crippen LogP contribution < -0.4 is 5.32 Å². The quantitative estimate of drug-likeness (QED) is 0.734. The van der Waals surface area contributed by atoms with E-state index in [4.69, 9.17) is 0 Å². The summed E-state index contributed by atoms with van der Waals surface area (Å²) in [5, 5.41) is 3.55. The van der Waals surface area contributed by atoms with Crippen LogP contribution in [-0.4, -0.2) is 6.04 Å². The summed E-state index contributed by atoms with van der Waals surface area (Å²) in [4.78, 5) is 0. The molecule has 80 valence electrons. The van der Waals surface area contributed by atoms with E-state index in [-0.39, 0.29) is 0 Å². The van der Waals surface area contributed by atoms with Gasteiger partial charge in [0.2, 0.25) is 0 Å². The van der Waals surface area contributed by atoms with Crippen LogP contribution in [0.25, 0.3) is 0 Å². The Kier molecular flexibility index (Phi) is 3.44. The zero-order chi connectivity index (χ0) is 10.5. The highest BCUT2D eigenvalue weighted by Crippen LogP contribution is 2.17. The minimum atomic E-state index is 0.534. The van der Waals surface area contributed by atoms with Crippen LogP contribution >= 0.6 is 0 Å². The van der Waals surface area contributed by atoms with Crippen molar-refractivity contribution in [3.63, 3.8) is 0 Å². The summed E-state index contributed by atoms with van der Waals surface area (Å²) in [5.41, 5.74) is 2.64. The van der Waals surface area contributed by atoms with Crippen molar-refractivity contribution in [1.29, 1.82) is 0 Å². The number of aryl methyl sites for hydroxylation is 1. The molecule has 0 radical (unpaired) electrons. The number of allylic oxidation sites excluding steroid dienone is 1. The maximum Gasteiger partial charge on any atom is 0.0444 e. The van der Waals surface area contributed by atoms with E-state index >= 15 is 0 Å². The van der Waals surface area contributed by atoms with Crippen molar-refractivity contribution in [2.75, 3.05) is 5.32 Å². The molecular weight excluding hydrogens is 182 g/mol. The molecule has 1 aromatic carbocycles. The maximum atomic E-state index is 3.55. The second kappa shape index (κ2) is 5.01. The lowest BCUT2D eigenvalue weighted by atomic mass is 10.0. The van der Waals surface area contributed by atoms with E-state index in [2.05, 4.69) is 48.7 Å². The summed E-state index contributed by atoms with van der Waals surface area (Å²) < 4.78 is 0. The van der Waals surface area contributed by atoms with Gasteiger partial charge in [0.15, 0.2) is 0 Å². The van der Waals surface area contributed by atoms with Crippen molar-refractivity contribution < 1.29 is 0 Å². The minimum absolute atomic E-state index is 0.534. The Balaban J connectivity index is 1.97. The van der Waals surface area contributed by atoms with Crippen LogP contribution in [0.2, 0.25) is 0 Å². The molecule has 0 heterocycles. The first kappa shape index (κ1) is 10.3. The second-order valence-corrected chi connectivity index (χ2v) is 4.16. The molecule has 1 N–H and O–H groups in total. The third-order valence-electron chi connectivity index (χ3n) is 2.97. The molecule has 1 heteroatoms. The molecule has 0 bridgehead atoms. The van der Waals surface area contributed by atoms with E-state index in [0.717, 1.165) is 6.42 Å². The first-order chi connectivity index (χ1) is 7.38.